The summed E-state index contributed by atoms with van der Waals surface area (Å²) in [4.78, 5) is 4.27. The number of pyridine rings is 1. The third-order valence-electron chi connectivity index (χ3n) is 1.96. The summed E-state index contributed by atoms with van der Waals surface area (Å²) < 4.78 is 0. The average Bonchev–Trinajstić information content (AvgIpc) is 2.19. The second kappa shape index (κ2) is 5.76. The first-order chi connectivity index (χ1) is 7.83. The highest BCUT2D eigenvalue weighted by molar-refractivity contribution is 6.37. The van der Waals surface area contributed by atoms with Crippen LogP contribution in [0.3, 0.4) is 0 Å². The highest BCUT2D eigenvalue weighted by atomic mass is 35.5. The molecule has 96 valence electrons. The topological polar surface area (TPSA) is 57.2 Å². The van der Waals surface area contributed by atoms with Gasteiger partial charge in [-0.2, -0.15) is 0 Å². The fraction of sp³-hybridized carbons (Fsp3) is 0.545. The smallest absolute Gasteiger partial charge is 0.147 e. The fourth-order valence-corrected chi connectivity index (χ4v) is 1.67. The Morgan fingerprint density at radius 3 is 2.24 bits per heavy atom. The molecule has 0 aliphatic carbocycles. The number of anilines is 2. The first kappa shape index (κ1) is 14.4. The number of hydrogen-bond donors (Lipinski definition) is 3. The molecule has 0 spiro atoms. The van der Waals surface area contributed by atoms with Crippen LogP contribution in [0.25, 0.3) is 0 Å². The van der Waals surface area contributed by atoms with Gasteiger partial charge in [0.2, 0.25) is 0 Å². The van der Waals surface area contributed by atoms with Gasteiger partial charge in [0.25, 0.3) is 0 Å². The number of aromatic nitrogens is 1. The van der Waals surface area contributed by atoms with Gasteiger partial charge < -0.3 is 15.7 Å². The van der Waals surface area contributed by atoms with E-state index in [1.807, 2.05) is 6.92 Å². The van der Waals surface area contributed by atoms with Gasteiger partial charge in [-0.1, -0.05) is 23.2 Å². The Balaban J connectivity index is 2.88. The zero-order chi connectivity index (χ0) is 13.1. The van der Waals surface area contributed by atoms with Crippen molar-refractivity contribution in [2.24, 2.45) is 0 Å². The van der Waals surface area contributed by atoms with E-state index in [1.54, 1.807) is 19.9 Å². The predicted octanol–water partition coefficient (Wildman–Crippen LogP) is 3.00. The van der Waals surface area contributed by atoms with Crippen LogP contribution in [0, 0.1) is 0 Å². The van der Waals surface area contributed by atoms with Crippen LogP contribution >= 0.6 is 23.2 Å². The molecule has 0 aliphatic heterocycles. The Morgan fingerprint density at radius 2 is 1.76 bits per heavy atom. The molecular formula is C11H17Cl2N3O. The standard InChI is InChI=1S/C11H17Cl2N3O/c1-4-14-9-7(12)5-8(13)10(16-9)15-6-11(2,3)17/h5,17H,4,6H2,1-3H3,(H2,14,15,16). The zero-order valence-corrected chi connectivity index (χ0v) is 11.7. The van der Waals surface area contributed by atoms with Gasteiger partial charge in [-0.25, -0.2) is 4.98 Å². The van der Waals surface area contributed by atoms with Gasteiger partial charge >= 0.3 is 0 Å². The zero-order valence-electron chi connectivity index (χ0n) is 10.1. The number of hydrogen-bond acceptors (Lipinski definition) is 4. The minimum Gasteiger partial charge on any atom is -0.389 e. The first-order valence-electron chi connectivity index (χ1n) is 5.39. The third-order valence-corrected chi connectivity index (χ3v) is 2.54. The van der Waals surface area contributed by atoms with E-state index >= 15 is 0 Å². The molecule has 1 aromatic rings. The maximum Gasteiger partial charge on any atom is 0.147 e. The maximum absolute atomic E-state index is 9.62. The van der Waals surface area contributed by atoms with Crippen LogP contribution in [0.4, 0.5) is 11.6 Å². The average molecular weight is 278 g/mol. The van der Waals surface area contributed by atoms with E-state index in [0.29, 0.717) is 28.2 Å². The van der Waals surface area contributed by atoms with Crippen molar-refractivity contribution >= 4 is 34.8 Å². The minimum absolute atomic E-state index is 0.354. The highest BCUT2D eigenvalue weighted by Gasteiger charge is 2.14. The van der Waals surface area contributed by atoms with Crippen LogP contribution in [0.5, 0.6) is 0 Å². The van der Waals surface area contributed by atoms with Crippen molar-refractivity contribution in [3.05, 3.63) is 16.1 Å². The molecule has 1 rings (SSSR count). The molecule has 0 fully saturated rings. The summed E-state index contributed by atoms with van der Waals surface area (Å²) >= 11 is 12.0. The van der Waals surface area contributed by atoms with E-state index in [1.165, 1.54) is 0 Å². The van der Waals surface area contributed by atoms with E-state index in [9.17, 15) is 5.11 Å². The summed E-state index contributed by atoms with van der Waals surface area (Å²) in [7, 11) is 0. The molecular weight excluding hydrogens is 261 g/mol. The largest absolute Gasteiger partial charge is 0.389 e. The van der Waals surface area contributed by atoms with E-state index in [-0.39, 0.29) is 0 Å². The van der Waals surface area contributed by atoms with Crippen molar-refractivity contribution in [1.82, 2.24) is 4.98 Å². The Morgan fingerprint density at radius 1 is 1.24 bits per heavy atom. The van der Waals surface area contributed by atoms with Gasteiger partial charge in [0, 0.05) is 13.1 Å². The second-order valence-electron chi connectivity index (χ2n) is 4.35. The molecule has 0 saturated carbocycles. The molecule has 0 radical (unpaired) electrons. The first-order valence-corrected chi connectivity index (χ1v) is 6.15. The van der Waals surface area contributed by atoms with Crippen molar-refractivity contribution in [3.8, 4) is 0 Å². The summed E-state index contributed by atoms with van der Waals surface area (Å²) in [5.74, 6) is 1.09. The molecule has 0 bridgehead atoms. The fourth-order valence-electron chi connectivity index (χ4n) is 1.18. The van der Waals surface area contributed by atoms with Crippen LogP contribution in [0.1, 0.15) is 20.8 Å². The summed E-state index contributed by atoms with van der Waals surface area (Å²) in [6, 6.07) is 1.63. The molecule has 6 heteroatoms. The normalized spacial score (nSPS) is 11.4. The lowest BCUT2D eigenvalue weighted by Crippen LogP contribution is -2.29. The summed E-state index contributed by atoms with van der Waals surface area (Å²) in [5, 5.41) is 16.6. The van der Waals surface area contributed by atoms with Crippen LogP contribution in [0.15, 0.2) is 6.07 Å². The van der Waals surface area contributed by atoms with Gasteiger partial charge in [-0.3, -0.25) is 0 Å². The van der Waals surface area contributed by atoms with Gasteiger partial charge in [-0.15, -0.1) is 0 Å². The molecule has 4 nitrogen and oxygen atoms in total. The lowest BCUT2D eigenvalue weighted by Gasteiger charge is -2.19. The lowest BCUT2D eigenvalue weighted by atomic mass is 10.1. The number of nitrogens with one attached hydrogen (secondary N) is 2. The Kier molecular flexibility index (Phi) is 4.86. The molecule has 3 N–H and O–H groups in total. The summed E-state index contributed by atoms with van der Waals surface area (Å²) in [6.07, 6.45) is 0. The molecule has 17 heavy (non-hydrogen) atoms. The monoisotopic (exact) mass is 277 g/mol. The highest BCUT2D eigenvalue weighted by Crippen LogP contribution is 2.29. The predicted molar refractivity (Wildman–Crippen MR) is 73.2 cm³/mol. The molecule has 0 saturated heterocycles. The van der Waals surface area contributed by atoms with Gasteiger partial charge in [0.05, 0.1) is 15.6 Å². The van der Waals surface area contributed by atoms with Crippen molar-refractivity contribution in [3.63, 3.8) is 0 Å². The van der Waals surface area contributed by atoms with Crippen LogP contribution in [0.2, 0.25) is 10.0 Å². The SMILES string of the molecule is CCNc1nc(NCC(C)(C)O)c(Cl)cc1Cl. The van der Waals surface area contributed by atoms with E-state index in [2.05, 4.69) is 15.6 Å². The van der Waals surface area contributed by atoms with E-state index < -0.39 is 5.60 Å². The molecule has 0 aliphatic rings. The van der Waals surface area contributed by atoms with Crippen LogP contribution in [-0.2, 0) is 0 Å². The minimum atomic E-state index is -0.830. The van der Waals surface area contributed by atoms with Gasteiger partial charge in [0.1, 0.15) is 11.6 Å². The third kappa shape index (κ3) is 4.58. The maximum atomic E-state index is 9.62. The number of rotatable bonds is 5. The molecule has 1 heterocycles. The van der Waals surface area contributed by atoms with Crippen molar-refractivity contribution in [1.29, 1.82) is 0 Å². The van der Waals surface area contributed by atoms with Crippen LogP contribution in [-0.4, -0.2) is 28.8 Å². The molecule has 1 aromatic heterocycles. The lowest BCUT2D eigenvalue weighted by molar-refractivity contribution is 0.0944. The quantitative estimate of drug-likeness (QED) is 0.775. The molecule has 0 unspecified atom stereocenters. The van der Waals surface area contributed by atoms with E-state index in [4.69, 9.17) is 23.2 Å². The Labute approximate surface area is 111 Å². The summed E-state index contributed by atoms with van der Waals surface area (Å²) in [5.41, 5.74) is -0.830. The van der Waals surface area contributed by atoms with Gasteiger partial charge in [0.15, 0.2) is 0 Å². The van der Waals surface area contributed by atoms with Crippen molar-refractivity contribution < 1.29 is 5.11 Å². The Hall–Kier alpha value is -0.710. The molecule has 0 atom stereocenters. The number of nitrogens with zero attached hydrogens (tertiary/aromatic N) is 1. The van der Waals surface area contributed by atoms with Crippen LogP contribution < -0.4 is 10.6 Å². The summed E-state index contributed by atoms with van der Waals surface area (Å²) in [6.45, 7) is 6.44. The number of halogens is 2. The van der Waals surface area contributed by atoms with Gasteiger partial charge in [-0.05, 0) is 26.8 Å². The second-order valence-corrected chi connectivity index (χ2v) is 5.16. The van der Waals surface area contributed by atoms with E-state index in [0.717, 1.165) is 6.54 Å². The van der Waals surface area contributed by atoms with Crippen molar-refractivity contribution in [2.45, 2.75) is 26.4 Å². The van der Waals surface area contributed by atoms with Crippen molar-refractivity contribution in [2.75, 3.05) is 23.7 Å². The number of aliphatic hydroxyl groups is 1. The molecule has 0 amide bonds. The molecule has 0 aromatic carbocycles. The Bertz CT molecular complexity index is 391.